The Balaban J connectivity index is 1.51. The van der Waals surface area contributed by atoms with Crippen molar-refractivity contribution in [1.82, 2.24) is 9.88 Å². The van der Waals surface area contributed by atoms with Gasteiger partial charge in [-0.3, -0.25) is 4.79 Å². The number of aromatic nitrogens is 1. The summed E-state index contributed by atoms with van der Waals surface area (Å²) in [6.07, 6.45) is 3.89. The van der Waals surface area contributed by atoms with Crippen LogP contribution >= 0.6 is 11.6 Å². The lowest BCUT2D eigenvalue weighted by atomic mass is 10.1. The first-order valence-electron chi connectivity index (χ1n) is 11.8. The highest BCUT2D eigenvalue weighted by Gasteiger charge is 2.19. The topological polar surface area (TPSA) is 71.0 Å². The normalized spacial score (nSPS) is 10.6. The number of rotatable bonds is 12. The lowest BCUT2D eigenvalue weighted by Gasteiger charge is -2.17. The third-order valence-corrected chi connectivity index (χ3v) is 6.10. The monoisotopic (exact) mass is 520 g/mol. The van der Waals surface area contributed by atoms with Crippen molar-refractivity contribution in [2.75, 3.05) is 20.8 Å². The quantitative estimate of drug-likeness (QED) is 0.258. The van der Waals surface area contributed by atoms with Crippen LogP contribution in [0.2, 0.25) is 5.02 Å². The molecule has 1 N–H and O–H groups in total. The molecule has 0 aliphatic rings. The highest BCUT2D eigenvalue weighted by atomic mass is 35.5. The standard InChI is InChI=1S/C29H29ClN2O5/c1-34-23-9-5-21(6-10-23)19-36-26-14-13-25(29(33)31-15-18-32-16-3-4-17-32)27(30)28(26)37-20-22-7-11-24(35-2)12-8-22/h3-14,16-17H,15,18-20H2,1-2H3,(H,31,33). The van der Waals surface area contributed by atoms with Gasteiger partial charge in [0, 0.05) is 25.5 Å². The van der Waals surface area contributed by atoms with Crippen molar-refractivity contribution in [1.29, 1.82) is 0 Å². The third-order valence-electron chi connectivity index (χ3n) is 5.72. The van der Waals surface area contributed by atoms with Gasteiger partial charge in [-0.05, 0) is 59.7 Å². The van der Waals surface area contributed by atoms with E-state index in [-0.39, 0.29) is 17.5 Å². The number of hydrogen-bond donors (Lipinski definition) is 1. The number of carbonyl (C=O) groups excluding carboxylic acids is 1. The van der Waals surface area contributed by atoms with Crippen LogP contribution in [0.1, 0.15) is 21.5 Å². The van der Waals surface area contributed by atoms with Crippen LogP contribution in [0.15, 0.2) is 85.2 Å². The molecule has 0 aliphatic carbocycles. The largest absolute Gasteiger partial charge is 0.497 e. The summed E-state index contributed by atoms with van der Waals surface area (Å²) in [5.41, 5.74) is 2.18. The van der Waals surface area contributed by atoms with E-state index in [0.29, 0.717) is 36.8 Å². The van der Waals surface area contributed by atoms with Gasteiger partial charge in [-0.25, -0.2) is 0 Å². The van der Waals surface area contributed by atoms with Crippen molar-refractivity contribution in [2.24, 2.45) is 0 Å². The molecule has 0 saturated carbocycles. The first-order chi connectivity index (χ1) is 18.1. The Hall–Kier alpha value is -4.10. The SMILES string of the molecule is COc1ccc(COc2ccc(C(=O)NCCn3cccc3)c(Cl)c2OCc2ccc(OC)cc2)cc1. The van der Waals surface area contributed by atoms with Crippen molar-refractivity contribution in [2.45, 2.75) is 19.8 Å². The Morgan fingerprint density at radius 3 is 1.95 bits per heavy atom. The summed E-state index contributed by atoms with van der Waals surface area (Å²) in [5, 5.41) is 3.11. The van der Waals surface area contributed by atoms with Gasteiger partial charge in [-0.2, -0.15) is 0 Å². The van der Waals surface area contributed by atoms with E-state index in [0.717, 1.165) is 22.6 Å². The number of carbonyl (C=O) groups is 1. The molecule has 1 aromatic heterocycles. The van der Waals surface area contributed by atoms with E-state index in [1.807, 2.05) is 77.6 Å². The maximum Gasteiger partial charge on any atom is 0.253 e. The van der Waals surface area contributed by atoms with Gasteiger partial charge in [0.1, 0.15) is 24.7 Å². The second-order valence-corrected chi connectivity index (χ2v) is 8.58. The molecule has 0 unspecified atom stereocenters. The van der Waals surface area contributed by atoms with Crippen molar-refractivity contribution < 1.29 is 23.7 Å². The van der Waals surface area contributed by atoms with Crippen molar-refractivity contribution in [3.8, 4) is 23.0 Å². The zero-order valence-corrected chi connectivity index (χ0v) is 21.5. The smallest absolute Gasteiger partial charge is 0.253 e. The van der Waals surface area contributed by atoms with E-state index >= 15 is 0 Å². The third kappa shape index (κ3) is 6.98. The molecule has 0 spiro atoms. The molecule has 7 nitrogen and oxygen atoms in total. The molecule has 0 bridgehead atoms. The van der Waals surface area contributed by atoms with Gasteiger partial charge in [0.25, 0.3) is 5.91 Å². The van der Waals surface area contributed by atoms with Gasteiger partial charge in [-0.15, -0.1) is 0 Å². The molecule has 192 valence electrons. The van der Waals surface area contributed by atoms with Gasteiger partial charge >= 0.3 is 0 Å². The minimum absolute atomic E-state index is 0.194. The molecule has 0 radical (unpaired) electrons. The minimum Gasteiger partial charge on any atom is -0.497 e. The van der Waals surface area contributed by atoms with Crippen LogP contribution in [0, 0.1) is 0 Å². The van der Waals surface area contributed by atoms with E-state index in [4.69, 9.17) is 30.5 Å². The first kappa shape index (κ1) is 26.0. The predicted octanol–water partition coefficient (Wildman–Crippen LogP) is 5.75. The van der Waals surface area contributed by atoms with Crippen LogP contribution in [0.5, 0.6) is 23.0 Å². The number of halogens is 1. The molecule has 1 heterocycles. The summed E-state index contributed by atoms with van der Waals surface area (Å²) < 4.78 is 24.6. The first-order valence-corrected chi connectivity index (χ1v) is 12.2. The molecule has 37 heavy (non-hydrogen) atoms. The second kappa shape index (κ2) is 12.7. The number of benzene rings is 3. The summed E-state index contributed by atoms with van der Waals surface area (Å²) in [5.74, 6) is 1.99. The Kier molecular flexibility index (Phi) is 8.94. The number of ether oxygens (including phenoxy) is 4. The molecule has 0 aliphatic heterocycles. The van der Waals surface area contributed by atoms with Gasteiger partial charge in [0.2, 0.25) is 0 Å². The van der Waals surface area contributed by atoms with Crippen LogP contribution in [-0.2, 0) is 19.8 Å². The van der Waals surface area contributed by atoms with Crippen molar-refractivity contribution in [3.63, 3.8) is 0 Å². The highest BCUT2D eigenvalue weighted by Crippen LogP contribution is 2.39. The van der Waals surface area contributed by atoms with Gasteiger partial charge < -0.3 is 28.8 Å². The van der Waals surface area contributed by atoms with Crippen LogP contribution in [-0.4, -0.2) is 31.2 Å². The Morgan fingerprint density at radius 1 is 0.811 bits per heavy atom. The summed E-state index contributed by atoms with van der Waals surface area (Å²) in [4.78, 5) is 12.9. The number of amides is 1. The summed E-state index contributed by atoms with van der Waals surface area (Å²) in [6.45, 7) is 1.64. The zero-order valence-electron chi connectivity index (χ0n) is 20.8. The minimum atomic E-state index is -0.284. The highest BCUT2D eigenvalue weighted by molar-refractivity contribution is 6.35. The summed E-state index contributed by atoms with van der Waals surface area (Å²) >= 11 is 6.71. The average molecular weight is 521 g/mol. The zero-order chi connectivity index (χ0) is 26.0. The fraction of sp³-hybridized carbons (Fsp3) is 0.207. The summed E-state index contributed by atoms with van der Waals surface area (Å²) in [6, 6.07) is 22.3. The number of nitrogens with one attached hydrogen (secondary N) is 1. The maximum atomic E-state index is 12.9. The van der Waals surface area contributed by atoms with E-state index in [9.17, 15) is 4.79 Å². The van der Waals surface area contributed by atoms with Gasteiger partial charge in [0.15, 0.2) is 11.5 Å². The average Bonchev–Trinajstić information content (AvgIpc) is 3.45. The Bertz CT molecular complexity index is 1290. The van der Waals surface area contributed by atoms with Crippen molar-refractivity contribution >= 4 is 17.5 Å². The molecule has 3 aromatic carbocycles. The van der Waals surface area contributed by atoms with Crippen LogP contribution in [0.25, 0.3) is 0 Å². The molecule has 4 aromatic rings. The van der Waals surface area contributed by atoms with Crippen LogP contribution < -0.4 is 24.3 Å². The lowest BCUT2D eigenvalue weighted by Crippen LogP contribution is -2.27. The summed E-state index contributed by atoms with van der Waals surface area (Å²) in [7, 11) is 3.24. The predicted molar refractivity (Wildman–Crippen MR) is 143 cm³/mol. The molecular weight excluding hydrogens is 492 g/mol. The molecule has 1 amide bonds. The van der Waals surface area contributed by atoms with E-state index < -0.39 is 0 Å². The molecule has 8 heteroatoms. The Labute approximate surface area is 221 Å². The second-order valence-electron chi connectivity index (χ2n) is 8.20. The van der Waals surface area contributed by atoms with E-state index in [1.165, 1.54) is 0 Å². The number of nitrogens with zero attached hydrogens (tertiary/aromatic N) is 1. The number of methoxy groups -OCH3 is 2. The molecule has 0 atom stereocenters. The Morgan fingerprint density at radius 2 is 1.38 bits per heavy atom. The molecule has 4 rings (SSSR count). The van der Waals surface area contributed by atoms with E-state index in [1.54, 1.807) is 26.4 Å². The lowest BCUT2D eigenvalue weighted by molar-refractivity contribution is 0.0952. The van der Waals surface area contributed by atoms with Gasteiger partial charge in [0.05, 0.1) is 24.8 Å². The fourth-order valence-corrected chi connectivity index (χ4v) is 3.93. The van der Waals surface area contributed by atoms with Crippen LogP contribution in [0.3, 0.4) is 0 Å². The van der Waals surface area contributed by atoms with Crippen molar-refractivity contribution in [3.05, 3.63) is 107 Å². The van der Waals surface area contributed by atoms with Gasteiger partial charge in [-0.1, -0.05) is 35.9 Å². The van der Waals surface area contributed by atoms with Crippen LogP contribution in [0.4, 0.5) is 0 Å². The maximum absolute atomic E-state index is 12.9. The van der Waals surface area contributed by atoms with E-state index in [2.05, 4.69) is 5.32 Å². The fourth-order valence-electron chi connectivity index (χ4n) is 3.63. The molecule has 0 fully saturated rings. The number of hydrogen-bond acceptors (Lipinski definition) is 5. The molecular formula is C29H29ClN2O5. The molecule has 0 saturated heterocycles.